The van der Waals surface area contributed by atoms with Gasteiger partial charge in [0.1, 0.15) is 16.7 Å². The van der Waals surface area contributed by atoms with E-state index < -0.39 is 6.85 Å². The summed E-state index contributed by atoms with van der Waals surface area (Å²) >= 11 is 0. The average molecular weight is 1080 g/mol. The Morgan fingerprint density at radius 3 is 2.03 bits per heavy atom. The van der Waals surface area contributed by atoms with E-state index in [0.717, 1.165) is 66.2 Å². The van der Waals surface area contributed by atoms with Crippen LogP contribution in [0.25, 0.3) is 105 Å². The summed E-state index contributed by atoms with van der Waals surface area (Å²) in [6.07, 6.45) is 1.95. The number of nitrogens with zero attached hydrogens (tertiary/aromatic N) is 3. The van der Waals surface area contributed by atoms with Gasteiger partial charge in [-0.3, -0.25) is 4.98 Å². The van der Waals surface area contributed by atoms with Crippen molar-refractivity contribution in [1.29, 1.82) is 0 Å². The molecule has 0 atom stereocenters. The summed E-state index contributed by atoms with van der Waals surface area (Å²) in [6, 6.07) is 59.9. The van der Waals surface area contributed by atoms with Gasteiger partial charge in [0.15, 0.2) is 0 Å². The van der Waals surface area contributed by atoms with Crippen molar-refractivity contribution in [2.45, 2.75) is 72.6 Å². The summed E-state index contributed by atoms with van der Waals surface area (Å²) in [4.78, 5) is 9.89. The molecule has 343 valence electrons. The van der Waals surface area contributed by atoms with Crippen LogP contribution in [0.2, 0.25) is 0 Å². The zero-order valence-corrected chi connectivity index (χ0v) is 42.1. The zero-order valence-electron chi connectivity index (χ0n) is 42.7. The third-order valence-corrected chi connectivity index (χ3v) is 13.2. The van der Waals surface area contributed by atoms with Crippen LogP contribution in [0.4, 0.5) is 0 Å². The largest absolute Gasteiger partial charge is 0.501 e. The minimum atomic E-state index is -2.42. The molecular weight excluding hydrogens is 1020 g/mol. The molecule has 4 heterocycles. The molecule has 0 aliphatic heterocycles. The number of fused-ring (bicyclic) bond motifs is 9. The van der Waals surface area contributed by atoms with Crippen LogP contribution in [-0.2, 0) is 25.5 Å². The van der Waals surface area contributed by atoms with E-state index in [1.54, 1.807) is 6.07 Å². The Labute approximate surface area is 421 Å². The Bertz CT molecular complexity index is 3930. The first-order chi connectivity index (χ1) is 34.1. The molecular formula is C63H53IrN3O2-2. The first-order valence-corrected chi connectivity index (χ1v) is 23.4. The summed E-state index contributed by atoms with van der Waals surface area (Å²) in [6.45, 7) is 13.1. The summed E-state index contributed by atoms with van der Waals surface area (Å²) in [5.74, 6) is 0.961. The van der Waals surface area contributed by atoms with E-state index in [4.69, 9.17) is 17.9 Å². The maximum Gasteiger partial charge on any atom is 0.136 e. The fraction of sp³-hybridized carbons (Fsp3) is 0.175. The van der Waals surface area contributed by atoms with Gasteiger partial charge in [-0.25, -0.2) is 0 Å². The second-order valence-corrected chi connectivity index (χ2v) is 19.4. The van der Waals surface area contributed by atoms with Crippen LogP contribution in [0.1, 0.15) is 86.7 Å². The zero-order chi connectivity index (χ0) is 49.3. The van der Waals surface area contributed by atoms with Gasteiger partial charge >= 0.3 is 0 Å². The second-order valence-electron chi connectivity index (χ2n) is 19.4. The van der Waals surface area contributed by atoms with Crippen molar-refractivity contribution < 1.29 is 33.1 Å². The molecule has 0 amide bonds. The van der Waals surface area contributed by atoms with Gasteiger partial charge in [-0.1, -0.05) is 157 Å². The van der Waals surface area contributed by atoms with Gasteiger partial charge in [-0.2, -0.15) is 0 Å². The molecule has 6 heteroatoms. The SMILES string of the molecule is CC(C)(C)c1ccc(-c2[c-]cccc2)nc1.[2H]C([2H])([2H])c1c[c-]c(-c2nc3ccc4ccccc4c3n2-c2c(C(C)C)cc(-c3ccccc3)cc2C(C)C)c2oc3cc4c(cc3c12)oc1ccccc14.[Ir]. The Balaban J connectivity index is 0.000000300. The number of aryl methyl sites for hydroxylation is 1. The molecule has 0 aliphatic rings. The minimum absolute atomic E-state index is 0. The van der Waals surface area contributed by atoms with Gasteiger partial charge < -0.3 is 18.4 Å². The number of hydrogen-bond donors (Lipinski definition) is 0. The van der Waals surface area contributed by atoms with E-state index in [2.05, 4.69) is 155 Å². The molecule has 12 rings (SSSR count). The molecule has 0 bridgehead atoms. The number of pyridine rings is 1. The van der Waals surface area contributed by atoms with Crippen molar-refractivity contribution in [2.24, 2.45) is 0 Å². The quantitative estimate of drug-likeness (QED) is 0.156. The van der Waals surface area contributed by atoms with Gasteiger partial charge in [0.2, 0.25) is 0 Å². The van der Waals surface area contributed by atoms with E-state index in [9.17, 15) is 0 Å². The van der Waals surface area contributed by atoms with Crippen molar-refractivity contribution in [1.82, 2.24) is 14.5 Å². The van der Waals surface area contributed by atoms with E-state index in [0.29, 0.717) is 38.9 Å². The minimum Gasteiger partial charge on any atom is -0.501 e. The molecule has 5 nitrogen and oxygen atoms in total. The van der Waals surface area contributed by atoms with Crippen molar-refractivity contribution in [3.8, 4) is 39.5 Å². The fourth-order valence-corrected chi connectivity index (χ4v) is 9.60. The molecule has 0 saturated heterocycles. The van der Waals surface area contributed by atoms with Crippen molar-refractivity contribution in [2.75, 3.05) is 0 Å². The molecule has 8 aromatic carbocycles. The van der Waals surface area contributed by atoms with Gasteiger partial charge in [-0.05, 0) is 92.5 Å². The van der Waals surface area contributed by atoms with Gasteiger partial charge in [0.05, 0.1) is 22.4 Å². The van der Waals surface area contributed by atoms with E-state index in [1.165, 1.54) is 16.7 Å². The van der Waals surface area contributed by atoms with Gasteiger partial charge in [0.25, 0.3) is 0 Å². The molecule has 69 heavy (non-hydrogen) atoms. The number of benzene rings is 8. The Kier molecular flexibility index (Phi) is 11.0. The standard InChI is InChI=1S/C48H37N2O2.C15H16N.Ir/c1-27(2)36-23-32(30-13-7-6-8-14-30)24-37(28(3)4)45(36)50-46-33-16-10-9-15-31(33)20-22-40(46)49-48(50)35-21-19-29(5)44-39-26-42-38(25-43(39)52-47(35)44)34-17-11-12-18-41(34)51-42;1-15(2,3)13-9-10-14(16-11-13)12-7-5-4-6-8-12;/h6-20,22-28H,1-5H3;4-7,9-11H,1-3H3;/q2*-1;/i5D3;;. The molecule has 1 radical (unpaired) electrons. The molecule has 4 aromatic heterocycles. The number of rotatable bonds is 6. The average Bonchev–Trinajstić information content (AvgIpc) is 4.06. The van der Waals surface area contributed by atoms with Gasteiger partial charge in [-0.15, -0.1) is 53.6 Å². The third-order valence-electron chi connectivity index (χ3n) is 13.2. The van der Waals surface area contributed by atoms with Crippen LogP contribution in [0.3, 0.4) is 0 Å². The third kappa shape index (κ3) is 8.16. The fourth-order valence-electron chi connectivity index (χ4n) is 9.60. The molecule has 0 unspecified atom stereocenters. The van der Waals surface area contributed by atoms with Crippen LogP contribution < -0.4 is 0 Å². The predicted octanol–water partition coefficient (Wildman–Crippen LogP) is 17.5. The normalized spacial score (nSPS) is 12.7. The van der Waals surface area contributed by atoms with Crippen molar-refractivity contribution in [3.05, 3.63) is 198 Å². The first kappa shape index (κ1) is 42.0. The van der Waals surface area contributed by atoms with E-state index >= 15 is 0 Å². The molecule has 0 N–H and O–H groups in total. The van der Waals surface area contributed by atoms with Gasteiger partial charge in [0, 0.05) is 57.6 Å². The van der Waals surface area contributed by atoms with Crippen LogP contribution in [0.5, 0.6) is 0 Å². The van der Waals surface area contributed by atoms with Crippen LogP contribution in [0, 0.1) is 19.0 Å². The second kappa shape index (κ2) is 18.1. The predicted molar refractivity (Wildman–Crippen MR) is 283 cm³/mol. The molecule has 12 aromatic rings. The summed E-state index contributed by atoms with van der Waals surface area (Å²) in [5.41, 5.74) is 14.2. The number of aromatic nitrogens is 3. The maximum absolute atomic E-state index is 8.62. The van der Waals surface area contributed by atoms with Crippen molar-refractivity contribution >= 4 is 65.7 Å². The van der Waals surface area contributed by atoms with E-state index in [1.807, 2.05) is 72.9 Å². The summed E-state index contributed by atoms with van der Waals surface area (Å²) < 4.78 is 41.3. The van der Waals surface area contributed by atoms with Crippen molar-refractivity contribution in [3.63, 3.8) is 0 Å². The number of furan rings is 2. The Morgan fingerprint density at radius 1 is 0.638 bits per heavy atom. The number of imidazole rings is 1. The van der Waals surface area contributed by atoms with E-state index in [-0.39, 0.29) is 42.9 Å². The maximum atomic E-state index is 8.62. The van der Waals surface area contributed by atoms with Crippen LogP contribution >= 0.6 is 0 Å². The smallest absolute Gasteiger partial charge is 0.136 e. The first-order valence-electron chi connectivity index (χ1n) is 24.9. The molecule has 0 spiro atoms. The number of hydrogen-bond acceptors (Lipinski definition) is 4. The van der Waals surface area contributed by atoms with Crippen LogP contribution in [0.15, 0.2) is 173 Å². The Morgan fingerprint density at radius 2 is 1.33 bits per heavy atom. The summed E-state index contributed by atoms with van der Waals surface area (Å²) in [7, 11) is 0. The van der Waals surface area contributed by atoms with Crippen LogP contribution in [-0.4, -0.2) is 14.5 Å². The molecule has 0 fully saturated rings. The monoisotopic (exact) mass is 1080 g/mol. The summed E-state index contributed by atoms with van der Waals surface area (Å²) in [5, 5.41) is 5.24. The topological polar surface area (TPSA) is 57.0 Å². The number of para-hydroxylation sites is 1. The molecule has 0 aliphatic carbocycles. The Hall–Kier alpha value is -7.11. The molecule has 0 saturated carbocycles.